The topological polar surface area (TPSA) is 70.1 Å². The summed E-state index contributed by atoms with van der Waals surface area (Å²) in [6, 6.07) is 8.86. The first-order valence-electron chi connectivity index (χ1n) is 7.50. The van der Waals surface area contributed by atoms with E-state index in [1.54, 1.807) is 7.05 Å². The third kappa shape index (κ3) is 3.36. The molecule has 1 atom stereocenters. The lowest BCUT2D eigenvalue weighted by atomic mass is 9.98. The zero-order valence-corrected chi connectivity index (χ0v) is 13.5. The van der Waals surface area contributed by atoms with E-state index in [9.17, 15) is 4.79 Å². The summed E-state index contributed by atoms with van der Waals surface area (Å²) < 4.78 is 6.78. The highest BCUT2D eigenvalue weighted by Crippen LogP contribution is 2.22. The van der Waals surface area contributed by atoms with Crippen molar-refractivity contribution in [2.45, 2.75) is 32.7 Å². The van der Waals surface area contributed by atoms with Crippen molar-refractivity contribution in [1.82, 2.24) is 9.78 Å². The first kappa shape index (κ1) is 16.2. The van der Waals surface area contributed by atoms with Gasteiger partial charge in [0.25, 0.3) is 5.56 Å². The van der Waals surface area contributed by atoms with Crippen LogP contribution in [0.4, 0.5) is 0 Å². The zero-order valence-electron chi connectivity index (χ0n) is 13.5. The molecule has 5 heteroatoms. The molecule has 1 heterocycles. The maximum atomic E-state index is 12.3. The Morgan fingerprint density at radius 2 is 1.91 bits per heavy atom. The van der Waals surface area contributed by atoms with Gasteiger partial charge in [0, 0.05) is 12.6 Å². The van der Waals surface area contributed by atoms with Crippen LogP contribution in [-0.4, -0.2) is 16.4 Å². The maximum absolute atomic E-state index is 12.3. The van der Waals surface area contributed by atoms with Gasteiger partial charge in [0.15, 0.2) is 0 Å². The lowest BCUT2D eigenvalue weighted by molar-refractivity contribution is 0.340. The van der Waals surface area contributed by atoms with Gasteiger partial charge in [-0.1, -0.05) is 26.0 Å². The SMILES string of the molecule is CCOc1ccc(C(N)c2cc(C(C)C)nn(C)c2=O)cc1. The molecule has 0 saturated carbocycles. The molecular formula is C17H23N3O2. The Bertz CT molecular complexity index is 690. The lowest BCUT2D eigenvalue weighted by Gasteiger charge is -2.15. The van der Waals surface area contributed by atoms with Crippen LogP contribution in [0, 0.1) is 0 Å². The maximum Gasteiger partial charge on any atom is 0.271 e. The summed E-state index contributed by atoms with van der Waals surface area (Å²) in [6.45, 7) is 6.64. The summed E-state index contributed by atoms with van der Waals surface area (Å²) in [7, 11) is 1.66. The fraction of sp³-hybridized carbons (Fsp3) is 0.412. The van der Waals surface area contributed by atoms with Gasteiger partial charge < -0.3 is 10.5 Å². The number of rotatable bonds is 5. The van der Waals surface area contributed by atoms with E-state index in [1.165, 1.54) is 4.68 Å². The third-order valence-electron chi connectivity index (χ3n) is 3.59. The molecule has 22 heavy (non-hydrogen) atoms. The van der Waals surface area contributed by atoms with Crippen molar-refractivity contribution < 1.29 is 4.74 Å². The molecule has 0 amide bonds. The molecule has 1 unspecified atom stereocenters. The van der Waals surface area contributed by atoms with Gasteiger partial charge in [-0.05, 0) is 36.6 Å². The molecule has 0 aliphatic heterocycles. The van der Waals surface area contributed by atoms with Gasteiger partial charge in [0.2, 0.25) is 0 Å². The van der Waals surface area contributed by atoms with Crippen LogP contribution in [-0.2, 0) is 7.05 Å². The van der Waals surface area contributed by atoms with Crippen LogP contribution in [0.1, 0.15) is 49.6 Å². The minimum absolute atomic E-state index is 0.161. The van der Waals surface area contributed by atoms with E-state index in [4.69, 9.17) is 10.5 Å². The average Bonchev–Trinajstić information content (AvgIpc) is 2.50. The first-order valence-corrected chi connectivity index (χ1v) is 7.50. The average molecular weight is 301 g/mol. The fourth-order valence-electron chi connectivity index (χ4n) is 2.28. The molecule has 0 saturated heterocycles. The van der Waals surface area contributed by atoms with Crippen molar-refractivity contribution >= 4 is 0 Å². The van der Waals surface area contributed by atoms with E-state index >= 15 is 0 Å². The van der Waals surface area contributed by atoms with Crippen molar-refractivity contribution in [3.63, 3.8) is 0 Å². The number of benzene rings is 1. The molecular weight excluding hydrogens is 278 g/mol. The standard InChI is InChI=1S/C17H23N3O2/c1-5-22-13-8-6-12(7-9-13)16(18)14-10-15(11(2)3)19-20(4)17(14)21/h6-11,16H,5,18H2,1-4H3. The van der Waals surface area contributed by atoms with Gasteiger partial charge in [-0.3, -0.25) is 4.79 Å². The highest BCUT2D eigenvalue weighted by atomic mass is 16.5. The zero-order chi connectivity index (χ0) is 16.3. The summed E-state index contributed by atoms with van der Waals surface area (Å²) in [5.41, 5.74) is 8.43. The van der Waals surface area contributed by atoms with E-state index in [0.29, 0.717) is 12.2 Å². The fourth-order valence-corrected chi connectivity index (χ4v) is 2.28. The molecule has 118 valence electrons. The van der Waals surface area contributed by atoms with Crippen LogP contribution in [0.25, 0.3) is 0 Å². The monoisotopic (exact) mass is 301 g/mol. The first-order chi connectivity index (χ1) is 10.4. The number of ether oxygens (including phenoxy) is 1. The van der Waals surface area contributed by atoms with E-state index in [2.05, 4.69) is 5.10 Å². The summed E-state index contributed by atoms with van der Waals surface area (Å²) in [5.74, 6) is 1.03. The van der Waals surface area contributed by atoms with Crippen molar-refractivity contribution in [3.8, 4) is 5.75 Å². The normalized spacial score (nSPS) is 12.5. The second kappa shape index (κ2) is 6.75. The second-order valence-corrected chi connectivity index (χ2v) is 5.59. The Morgan fingerprint density at radius 1 is 1.27 bits per heavy atom. The summed E-state index contributed by atoms with van der Waals surface area (Å²) in [5, 5.41) is 4.28. The summed E-state index contributed by atoms with van der Waals surface area (Å²) >= 11 is 0. The largest absolute Gasteiger partial charge is 0.494 e. The predicted molar refractivity (Wildman–Crippen MR) is 87.2 cm³/mol. The molecule has 1 aromatic heterocycles. The predicted octanol–water partition coefficient (Wildman–Crippen LogP) is 2.35. The Morgan fingerprint density at radius 3 is 2.45 bits per heavy atom. The highest BCUT2D eigenvalue weighted by Gasteiger charge is 2.17. The van der Waals surface area contributed by atoms with E-state index < -0.39 is 6.04 Å². The van der Waals surface area contributed by atoms with Crippen LogP contribution in [0.3, 0.4) is 0 Å². The third-order valence-corrected chi connectivity index (χ3v) is 3.59. The van der Waals surface area contributed by atoms with Crippen LogP contribution in [0.15, 0.2) is 35.1 Å². The number of nitrogens with two attached hydrogens (primary N) is 1. The summed E-state index contributed by atoms with van der Waals surface area (Å²) in [4.78, 5) is 12.3. The van der Waals surface area contributed by atoms with E-state index in [1.807, 2.05) is 51.1 Å². The van der Waals surface area contributed by atoms with Gasteiger partial charge in [0.05, 0.1) is 18.3 Å². The lowest BCUT2D eigenvalue weighted by Crippen LogP contribution is -2.30. The van der Waals surface area contributed by atoms with Gasteiger partial charge in [-0.25, -0.2) is 4.68 Å². The number of hydrogen-bond donors (Lipinski definition) is 1. The van der Waals surface area contributed by atoms with Gasteiger partial charge >= 0.3 is 0 Å². The smallest absolute Gasteiger partial charge is 0.271 e. The van der Waals surface area contributed by atoms with Crippen LogP contribution >= 0.6 is 0 Å². The Kier molecular flexibility index (Phi) is 4.98. The van der Waals surface area contributed by atoms with Crippen LogP contribution < -0.4 is 16.0 Å². The van der Waals surface area contributed by atoms with Gasteiger partial charge in [0.1, 0.15) is 5.75 Å². The minimum Gasteiger partial charge on any atom is -0.494 e. The van der Waals surface area contributed by atoms with Gasteiger partial charge in [-0.15, -0.1) is 0 Å². The molecule has 1 aromatic carbocycles. The van der Waals surface area contributed by atoms with Crippen molar-refractivity contribution in [3.05, 3.63) is 57.5 Å². The summed E-state index contributed by atoms with van der Waals surface area (Å²) in [6.07, 6.45) is 0. The highest BCUT2D eigenvalue weighted by molar-refractivity contribution is 5.35. The van der Waals surface area contributed by atoms with Crippen LogP contribution in [0.5, 0.6) is 5.75 Å². The quantitative estimate of drug-likeness (QED) is 0.920. The molecule has 0 spiro atoms. The molecule has 2 rings (SSSR count). The molecule has 2 N–H and O–H groups in total. The van der Waals surface area contributed by atoms with E-state index in [0.717, 1.165) is 17.0 Å². The number of nitrogens with zero attached hydrogens (tertiary/aromatic N) is 2. The molecule has 0 bridgehead atoms. The van der Waals surface area contributed by atoms with Crippen molar-refractivity contribution in [2.24, 2.45) is 12.8 Å². The Balaban J connectivity index is 2.40. The number of aryl methyl sites for hydroxylation is 1. The Labute approximate surface area is 130 Å². The molecule has 0 aliphatic carbocycles. The molecule has 0 fully saturated rings. The second-order valence-electron chi connectivity index (χ2n) is 5.59. The Hall–Kier alpha value is -2.14. The van der Waals surface area contributed by atoms with Gasteiger partial charge in [-0.2, -0.15) is 5.10 Å². The number of aromatic nitrogens is 2. The van der Waals surface area contributed by atoms with E-state index in [-0.39, 0.29) is 11.5 Å². The minimum atomic E-state index is -0.477. The molecule has 0 radical (unpaired) electrons. The molecule has 2 aromatic rings. The van der Waals surface area contributed by atoms with Crippen molar-refractivity contribution in [2.75, 3.05) is 6.61 Å². The molecule has 5 nitrogen and oxygen atoms in total. The van der Waals surface area contributed by atoms with Crippen LogP contribution in [0.2, 0.25) is 0 Å². The number of hydrogen-bond acceptors (Lipinski definition) is 4. The van der Waals surface area contributed by atoms with Crippen molar-refractivity contribution in [1.29, 1.82) is 0 Å². The molecule has 0 aliphatic rings.